The van der Waals surface area contributed by atoms with Crippen LogP contribution in [-0.2, 0) is 28.9 Å². The summed E-state index contributed by atoms with van der Waals surface area (Å²) in [5.41, 5.74) is 5.37. The van der Waals surface area contributed by atoms with Gasteiger partial charge in [-0.1, -0.05) is 18.2 Å². The van der Waals surface area contributed by atoms with Crippen LogP contribution in [0.2, 0.25) is 0 Å². The molecular formula is C32H32N4O6. The van der Waals surface area contributed by atoms with E-state index in [1.807, 2.05) is 43.3 Å². The molecule has 0 saturated heterocycles. The molecule has 10 nitrogen and oxygen atoms in total. The van der Waals surface area contributed by atoms with Crippen LogP contribution in [0.5, 0.6) is 5.75 Å². The summed E-state index contributed by atoms with van der Waals surface area (Å²) in [6, 6.07) is 18.7. The van der Waals surface area contributed by atoms with E-state index in [1.54, 1.807) is 38.2 Å². The molecule has 0 aliphatic carbocycles. The minimum atomic E-state index is -0.893. The number of carbonyl (C=O) groups excluding carboxylic acids is 1. The van der Waals surface area contributed by atoms with Crippen molar-refractivity contribution in [1.82, 2.24) is 15.3 Å². The van der Waals surface area contributed by atoms with Crippen molar-refractivity contribution in [3.05, 3.63) is 88.9 Å². The first kappa shape index (κ1) is 29.8. The minimum Gasteiger partial charge on any atom is -0.493 e. The van der Waals surface area contributed by atoms with Gasteiger partial charge in [0.25, 0.3) is 0 Å². The number of pyridine rings is 1. The molecule has 42 heavy (non-hydrogen) atoms. The van der Waals surface area contributed by atoms with Crippen LogP contribution in [0.15, 0.2) is 65.2 Å². The number of ether oxygens (including phenoxy) is 2. The Morgan fingerprint density at radius 1 is 1.05 bits per heavy atom. The summed E-state index contributed by atoms with van der Waals surface area (Å²) in [7, 11) is 0. The number of benzene rings is 2. The molecule has 0 atom stereocenters. The van der Waals surface area contributed by atoms with E-state index in [0.717, 1.165) is 33.6 Å². The number of carboxylic acids is 1. The van der Waals surface area contributed by atoms with Gasteiger partial charge in [0, 0.05) is 36.7 Å². The molecule has 1 amide bonds. The van der Waals surface area contributed by atoms with Gasteiger partial charge in [0.15, 0.2) is 0 Å². The fourth-order valence-electron chi connectivity index (χ4n) is 4.23. The van der Waals surface area contributed by atoms with Crippen LogP contribution in [-0.4, -0.2) is 39.8 Å². The first-order valence-corrected chi connectivity index (χ1v) is 13.6. The number of amides is 1. The molecule has 0 fully saturated rings. The number of alkyl carbamates (subject to hydrolysis) is 1. The average Bonchev–Trinajstić information content (AvgIpc) is 3.35. The molecule has 2 aromatic carbocycles. The number of carbonyl (C=O) groups is 2. The summed E-state index contributed by atoms with van der Waals surface area (Å²) in [5, 5.41) is 20.8. The summed E-state index contributed by atoms with van der Waals surface area (Å²) in [4.78, 5) is 32.1. The highest BCUT2D eigenvalue weighted by molar-refractivity contribution is 5.68. The second kappa shape index (κ2) is 13.9. The van der Waals surface area contributed by atoms with E-state index in [0.29, 0.717) is 42.4 Å². The topological polar surface area (TPSA) is 148 Å². The predicted molar refractivity (Wildman–Crippen MR) is 155 cm³/mol. The Kier molecular flexibility index (Phi) is 9.90. The summed E-state index contributed by atoms with van der Waals surface area (Å²) in [6.07, 6.45) is 1.57. The lowest BCUT2D eigenvalue weighted by molar-refractivity contribution is -0.136. The van der Waals surface area contributed by atoms with Crippen molar-refractivity contribution >= 4 is 12.1 Å². The zero-order valence-electron chi connectivity index (χ0n) is 23.7. The van der Waals surface area contributed by atoms with E-state index in [9.17, 15) is 9.59 Å². The molecule has 4 rings (SSSR count). The minimum absolute atomic E-state index is 0.0214. The molecule has 2 heterocycles. The van der Waals surface area contributed by atoms with Gasteiger partial charge in [-0.3, -0.25) is 9.78 Å². The third-order valence-electron chi connectivity index (χ3n) is 6.37. The second-order valence-electron chi connectivity index (χ2n) is 9.87. The molecule has 0 unspecified atom stereocenters. The van der Waals surface area contributed by atoms with Gasteiger partial charge in [-0.2, -0.15) is 5.26 Å². The van der Waals surface area contributed by atoms with Gasteiger partial charge >= 0.3 is 12.1 Å². The standard InChI is InChI=1S/C32H32N4O6/c1-20(2)41-32(39)35-19-26-16-27(11-9-23(26)10-13-30(37)38)40-15-14-28-21(3)42-31(36-28)25-7-5-24(6-8-25)29-12-4-22(17-33)18-34-29/h4-9,11-12,16,18,20H,10,13-15,19H2,1-3H3,(H,35,39)(H,37,38). The zero-order valence-corrected chi connectivity index (χ0v) is 23.7. The van der Waals surface area contributed by atoms with Crippen molar-refractivity contribution in [3.8, 4) is 34.5 Å². The van der Waals surface area contributed by atoms with Gasteiger partial charge in [0.05, 0.1) is 29.7 Å². The van der Waals surface area contributed by atoms with Crippen LogP contribution >= 0.6 is 0 Å². The smallest absolute Gasteiger partial charge is 0.407 e. The number of nitrogens with zero attached hydrogens (tertiary/aromatic N) is 3. The van der Waals surface area contributed by atoms with Gasteiger partial charge < -0.3 is 24.3 Å². The van der Waals surface area contributed by atoms with E-state index in [2.05, 4.69) is 21.4 Å². The Hall–Kier alpha value is -5.17. The Morgan fingerprint density at radius 3 is 2.48 bits per heavy atom. The summed E-state index contributed by atoms with van der Waals surface area (Å²) >= 11 is 0. The lowest BCUT2D eigenvalue weighted by Gasteiger charge is -2.14. The summed E-state index contributed by atoms with van der Waals surface area (Å²) in [5.74, 6) is 0.904. The van der Waals surface area contributed by atoms with Crippen molar-refractivity contribution in [3.63, 3.8) is 0 Å². The number of oxazole rings is 1. The quantitative estimate of drug-likeness (QED) is 0.214. The normalized spacial score (nSPS) is 10.7. The van der Waals surface area contributed by atoms with Crippen LogP contribution < -0.4 is 10.1 Å². The Balaban J connectivity index is 1.38. The summed E-state index contributed by atoms with van der Waals surface area (Å²) in [6.45, 7) is 5.91. The number of aryl methyl sites for hydroxylation is 2. The number of rotatable bonds is 12. The third-order valence-corrected chi connectivity index (χ3v) is 6.37. The largest absolute Gasteiger partial charge is 0.493 e. The van der Waals surface area contributed by atoms with E-state index >= 15 is 0 Å². The van der Waals surface area contributed by atoms with Gasteiger partial charge in [-0.05, 0) is 74.7 Å². The van der Waals surface area contributed by atoms with Gasteiger partial charge in [0.1, 0.15) is 17.6 Å². The maximum absolute atomic E-state index is 12.0. The molecule has 0 aliphatic rings. The maximum Gasteiger partial charge on any atom is 0.407 e. The van der Waals surface area contributed by atoms with E-state index in [-0.39, 0.29) is 19.1 Å². The average molecular weight is 569 g/mol. The SMILES string of the molecule is Cc1oc(-c2ccc(-c3ccc(C#N)cn3)cc2)nc1CCOc1ccc(CCC(=O)O)c(CNC(=O)OC(C)C)c1. The van der Waals surface area contributed by atoms with Crippen molar-refractivity contribution in [1.29, 1.82) is 5.26 Å². The highest BCUT2D eigenvalue weighted by atomic mass is 16.6. The monoisotopic (exact) mass is 568 g/mol. The number of hydrogen-bond donors (Lipinski definition) is 2. The molecule has 2 N–H and O–H groups in total. The molecule has 0 bridgehead atoms. The molecular weight excluding hydrogens is 536 g/mol. The molecule has 2 aromatic heterocycles. The van der Waals surface area contributed by atoms with Gasteiger partial charge in [-0.25, -0.2) is 9.78 Å². The van der Waals surface area contributed by atoms with Crippen molar-refractivity contribution in [2.45, 2.75) is 52.7 Å². The van der Waals surface area contributed by atoms with Crippen molar-refractivity contribution in [2.24, 2.45) is 0 Å². The number of hydrogen-bond acceptors (Lipinski definition) is 8. The fraction of sp³-hybridized carbons (Fsp3) is 0.281. The van der Waals surface area contributed by atoms with E-state index < -0.39 is 12.1 Å². The summed E-state index contributed by atoms with van der Waals surface area (Å²) < 4.78 is 17.0. The zero-order chi connectivity index (χ0) is 30.1. The molecule has 4 aromatic rings. The predicted octanol–water partition coefficient (Wildman–Crippen LogP) is 5.86. The first-order valence-electron chi connectivity index (χ1n) is 13.6. The molecule has 10 heteroatoms. The molecule has 0 saturated carbocycles. The lowest BCUT2D eigenvalue weighted by atomic mass is 10.0. The first-order chi connectivity index (χ1) is 20.2. The number of aliphatic carboxylic acids is 1. The van der Waals surface area contributed by atoms with Crippen LogP contribution in [0.4, 0.5) is 4.79 Å². The van der Waals surface area contributed by atoms with Gasteiger partial charge in [0.2, 0.25) is 5.89 Å². The Morgan fingerprint density at radius 2 is 1.81 bits per heavy atom. The fourth-order valence-corrected chi connectivity index (χ4v) is 4.23. The Labute approximate surface area is 244 Å². The van der Waals surface area contributed by atoms with E-state index in [4.69, 9.17) is 24.3 Å². The number of aromatic nitrogens is 2. The van der Waals surface area contributed by atoms with Gasteiger partial charge in [-0.15, -0.1) is 0 Å². The van der Waals surface area contributed by atoms with Crippen molar-refractivity contribution in [2.75, 3.05) is 6.61 Å². The lowest BCUT2D eigenvalue weighted by Crippen LogP contribution is -2.26. The molecule has 0 radical (unpaired) electrons. The highest BCUT2D eigenvalue weighted by Crippen LogP contribution is 2.26. The molecule has 0 spiro atoms. The number of nitriles is 1. The number of nitrogens with one attached hydrogen (secondary N) is 1. The van der Waals surface area contributed by atoms with Crippen LogP contribution in [0, 0.1) is 18.3 Å². The maximum atomic E-state index is 12.0. The van der Waals surface area contributed by atoms with Crippen LogP contribution in [0.25, 0.3) is 22.7 Å². The third kappa shape index (κ3) is 8.17. The second-order valence-corrected chi connectivity index (χ2v) is 9.87. The molecule has 0 aliphatic heterocycles. The van der Waals surface area contributed by atoms with Crippen LogP contribution in [0.1, 0.15) is 48.4 Å². The van der Waals surface area contributed by atoms with E-state index in [1.165, 1.54) is 0 Å². The van der Waals surface area contributed by atoms with Crippen molar-refractivity contribution < 1.29 is 28.6 Å². The van der Waals surface area contributed by atoms with Crippen LogP contribution in [0.3, 0.4) is 0 Å². The highest BCUT2D eigenvalue weighted by Gasteiger charge is 2.14. The number of carboxylic acid groups (broad SMARTS) is 1. The molecule has 216 valence electrons. The Bertz CT molecular complexity index is 1570.